The highest BCUT2D eigenvalue weighted by Crippen LogP contribution is 2.43. The highest BCUT2D eigenvalue weighted by molar-refractivity contribution is 6.32. The first-order valence-electron chi connectivity index (χ1n) is 12.5. The van der Waals surface area contributed by atoms with E-state index in [1.165, 1.54) is 13.3 Å². The molecule has 3 atom stereocenters. The lowest BCUT2D eigenvalue weighted by Gasteiger charge is -2.33. The number of aromatic nitrogens is 2. The minimum atomic E-state index is -0.514. The number of carbonyl (C=O) groups excluding carboxylic acids is 1. The van der Waals surface area contributed by atoms with E-state index >= 15 is 0 Å². The zero-order chi connectivity index (χ0) is 26.8. The zero-order valence-corrected chi connectivity index (χ0v) is 22.3. The molecule has 0 saturated carbocycles. The first kappa shape index (κ1) is 26.4. The van der Waals surface area contributed by atoms with Gasteiger partial charge in [-0.1, -0.05) is 17.7 Å². The van der Waals surface area contributed by atoms with Crippen LogP contribution in [0.2, 0.25) is 5.02 Å². The highest BCUT2D eigenvalue weighted by Gasteiger charge is 2.36. The van der Waals surface area contributed by atoms with Crippen molar-refractivity contribution in [1.82, 2.24) is 20.2 Å². The van der Waals surface area contributed by atoms with E-state index in [9.17, 15) is 9.18 Å². The third-order valence-corrected chi connectivity index (χ3v) is 7.10. The molecule has 0 bridgehead atoms. The number of ether oxygens (including phenoxy) is 3. The standard InChI is InChI=1S/C27H31ClFN5O4/c1-34(2)12-17-14-37-16(13-38-17)9-15-10-31-27(35)22-23(15)33-24(18-7-8-30-11-20(18)29)25(22)32-21-6-4-5-19(28)26(21)36-3/h4-8,11,15-17,32-33H,9-10,12-14H2,1-3H3,(H,31,35)/t15-,16-,17+/m1/s1. The SMILES string of the molecule is COc1c(Cl)cccc1Nc1c(-c2ccncc2F)[nH]c2c1C(=O)NC[C@H]2C[C@@H]1CO[C@@H](CN(C)C)CO1. The number of anilines is 2. The Morgan fingerprint density at radius 3 is 2.74 bits per heavy atom. The Hall–Kier alpha value is -3.18. The monoisotopic (exact) mass is 543 g/mol. The number of rotatable bonds is 8. The summed E-state index contributed by atoms with van der Waals surface area (Å²) in [6.07, 6.45) is 3.18. The Kier molecular flexibility index (Phi) is 7.85. The van der Waals surface area contributed by atoms with Crippen molar-refractivity contribution >= 4 is 28.9 Å². The van der Waals surface area contributed by atoms with Crippen LogP contribution in [-0.2, 0) is 9.47 Å². The number of nitrogens with zero attached hydrogens (tertiary/aromatic N) is 2. The summed E-state index contributed by atoms with van der Waals surface area (Å²) in [6, 6.07) is 6.83. The van der Waals surface area contributed by atoms with E-state index < -0.39 is 5.82 Å². The predicted octanol–water partition coefficient (Wildman–Crippen LogP) is 4.18. The number of halogens is 2. The summed E-state index contributed by atoms with van der Waals surface area (Å²) in [4.78, 5) is 22.6. The van der Waals surface area contributed by atoms with Crippen LogP contribution in [0.3, 0.4) is 0 Å². The summed E-state index contributed by atoms with van der Waals surface area (Å²) in [7, 11) is 5.52. The molecule has 2 aliphatic heterocycles. The fraction of sp³-hybridized carbons (Fsp3) is 0.407. The van der Waals surface area contributed by atoms with Gasteiger partial charge in [0.05, 0.1) is 66.4 Å². The van der Waals surface area contributed by atoms with Gasteiger partial charge in [0.1, 0.15) is 0 Å². The minimum Gasteiger partial charge on any atom is -0.493 e. The van der Waals surface area contributed by atoms with Crippen LogP contribution in [0.1, 0.15) is 28.4 Å². The van der Waals surface area contributed by atoms with E-state index in [-0.39, 0.29) is 29.6 Å². The van der Waals surface area contributed by atoms with Crippen LogP contribution in [0.15, 0.2) is 36.7 Å². The van der Waals surface area contributed by atoms with Gasteiger partial charge in [-0.25, -0.2) is 4.39 Å². The van der Waals surface area contributed by atoms with Crippen LogP contribution in [0.5, 0.6) is 5.75 Å². The minimum absolute atomic E-state index is 0.0260. The van der Waals surface area contributed by atoms with Crippen molar-refractivity contribution in [3.05, 3.63) is 58.8 Å². The van der Waals surface area contributed by atoms with Crippen molar-refractivity contribution < 1.29 is 23.4 Å². The number of pyridine rings is 1. The summed E-state index contributed by atoms with van der Waals surface area (Å²) < 4.78 is 32.6. The molecule has 0 aliphatic carbocycles. The molecule has 1 fully saturated rings. The number of hydrogen-bond donors (Lipinski definition) is 3. The second-order valence-corrected chi connectivity index (χ2v) is 10.2. The molecule has 1 amide bonds. The average Bonchev–Trinajstić information content (AvgIpc) is 3.27. The van der Waals surface area contributed by atoms with E-state index in [1.54, 1.807) is 24.3 Å². The molecule has 38 heavy (non-hydrogen) atoms. The van der Waals surface area contributed by atoms with Gasteiger partial charge in [0.25, 0.3) is 5.91 Å². The summed E-state index contributed by atoms with van der Waals surface area (Å²) in [5.74, 6) is -0.455. The Bertz CT molecular complexity index is 1310. The molecular formula is C27H31ClFN5O4. The average molecular weight is 544 g/mol. The summed E-state index contributed by atoms with van der Waals surface area (Å²) in [6.45, 7) is 2.19. The molecule has 2 aromatic heterocycles. The first-order chi connectivity index (χ1) is 18.4. The second kappa shape index (κ2) is 11.3. The molecule has 3 aromatic rings. The topological polar surface area (TPSA) is 101 Å². The number of hydrogen-bond acceptors (Lipinski definition) is 7. The molecule has 9 nitrogen and oxygen atoms in total. The molecule has 4 heterocycles. The van der Waals surface area contributed by atoms with E-state index in [1.807, 2.05) is 14.1 Å². The number of amides is 1. The van der Waals surface area contributed by atoms with E-state index in [0.717, 1.165) is 12.7 Å². The van der Waals surface area contributed by atoms with Crippen molar-refractivity contribution in [2.75, 3.05) is 52.8 Å². The molecule has 1 saturated heterocycles. The van der Waals surface area contributed by atoms with Crippen molar-refractivity contribution in [3.8, 4) is 17.0 Å². The molecule has 0 unspecified atom stereocenters. The number of likely N-dealkylation sites (N-methyl/N-ethyl adjacent to an activating group) is 1. The number of aromatic amines is 1. The van der Waals surface area contributed by atoms with Crippen molar-refractivity contribution in [1.29, 1.82) is 0 Å². The maximum absolute atomic E-state index is 15.0. The first-order valence-corrected chi connectivity index (χ1v) is 12.8. The number of carbonyl (C=O) groups is 1. The van der Waals surface area contributed by atoms with Crippen LogP contribution in [0.25, 0.3) is 11.3 Å². The maximum Gasteiger partial charge on any atom is 0.255 e. The van der Waals surface area contributed by atoms with E-state index in [2.05, 4.69) is 25.5 Å². The van der Waals surface area contributed by atoms with Gasteiger partial charge in [0, 0.05) is 36.5 Å². The Balaban J connectivity index is 1.51. The van der Waals surface area contributed by atoms with Gasteiger partial charge in [-0.3, -0.25) is 9.78 Å². The highest BCUT2D eigenvalue weighted by atomic mass is 35.5. The van der Waals surface area contributed by atoms with Gasteiger partial charge in [-0.15, -0.1) is 0 Å². The van der Waals surface area contributed by atoms with Crippen molar-refractivity contribution in [3.63, 3.8) is 0 Å². The molecule has 1 aromatic carbocycles. The number of benzene rings is 1. The van der Waals surface area contributed by atoms with Gasteiger partial charge >= 0.3 is 0 Å². The fourth-order valence-corrected chi connectivity index (χ4v) is 5.32. The summed E-state index contributed by atoms with van der Waals surface area (Å²) in [5.41, 5.74) is 2.82. The van der Waals surface area contributed by atoms with Crippen LogP contribution in [0, 0.1) is 5.82 Å². The normalized spacial score (nSPS) is 21.2. The lowest BCUT2D eigenvalue weighted by molar-refractivity contribution is -0.140. The van der Waals surface area contributed by atoms with Crippen molar-refractivity contribution in [2.45, 2.75) is 24.5 Å². The third kappa shape index (κ3) is 5.35. The Labute approximate surface area is 225 Å². The lowest BCUT2D eigenvalue weighted by atomic mass is 9.91. The van der Waals surface area contributed by atoms with E-state index in [4.69, 9.17) is 25.8 Å². The Morgan fingerprint density at radius 2 is 2.03 bits per heavy atom. The largest absolute Gasteiger partial charge is 0.493 e. The smallest absolute Gasteiger partial charge is 0.255 e. The molecule has 2 aliphatic rings. The number of para-hydroxylation sites is 1. The number of H-pyrrole nitrogens is 1. The van der Waals surface area contributed by atoms with Gasteiger partial charge in [-0.05, 0) is 38.7 Å². The quantitative estimate of drug-likeness (QED) is 0.392. The fourth-order valence-electron chi connectivity index (χ4n) is 5.07. The molecule has 11 heteroatoms. The third-order valence-electron chi connectivity index (χ3n) is 6.80. The summed E-state index contributed by atoms with van der Waals surface area (Å²) >= 11 is 6.34. The summed E-state index contributed by atoms with van der Waals surface area (Å²) in [5, 5.41) is 6.69. The van der Waals surface area contributed by atoms with Gasteiger partial charge < -0.3 is 34.7 Å². The molecule has 0 radical (unpaired) electrons. The maximum atomic E-state index is 15.0. The number of methoxy groups -OCH3 is 1. The lowest BCUT2D eigenvalue weighted by Crippen LogP contribution is -2.43. The number of fused-ring (bicyclic) bond motifs is 1. The van der Waals surface area contributed by atoms with Crippen LogP contribution >= 0.6 is 11.6 Å². The van der Waals surface area contributed by atoms with Gasteiger partial charge in [-0.2, -0.15) is 0 Å². The molecule has 5 rings (SSSR count). The van der Waals surface area contributed by atoms with Crippen LogP contribution in [-0.4, -0.2) is 80.5 Å². The second-order valence-electron chi connectivity index (χ2n) is 9.78. The van der Waals surface area contributed by atoms with E-state index in [0.29, 0.717) is 65.3 Å². The zero-order valence-electron chi connectivity index (χ0n) is 21.5. The molecular weight excluding hydrogens is 513 g/mol. The molecule has 3 N–H and O–H groups in total. The van der Waals surface area contributed by atoms with Crippen LogP contribution < -0.4 is 15.4 Å². The Morgan fingerprint density at radius 1 is 1.24 bits per heavy atom. The van der Waals surface area contributed by atoms with Crippen molar-refractivity contribution in [2.24, 2.45) is 0 Å². The number of nitrogens with one attached hydrogen (secondary N) is 3. The predicted molar refractivity (Wildman–Crippen MR) is 143 cm³/mol. The molecule has 202 valence electrons. The van der Waals surface area contributed by atoms with Gasteiger partial charge in [0.2, 0.25) is 0 Å². The van der Waals surface area contributed by atoms with Gasteiger partial charge in [0.15, 0.2) is 11.6 Å². The molecule has 0 spiro atoms. The van der Waals surface area contributed by atoms with Crippen LogP contribution in [0.4, 0.5) is 15.8 Å².